The highest BCUT2D eigenvalue weighted by Crippen LogP contribution is 2.62. The smallest absolute Gasteiger partial charge is 0.453 e. The molecule has 2 saturated carbocycles. The number of rotatable bonds is 19. The first kappa shape index (κ1) is 41.1. The van der Waals surface area contributed by atoms with Gasteiger partial charge in [-0.05, 0) is 135 Å². The van der Waals surface area contributed by atoms with Gasteiger partial charge in [0, 0.05) is 25.0 Å². The molecule has 0 radical (unpaired) electrons. The first-order valence-corrected chi connectivity index (χ1v) is 21.8. The molecule has 6 rings (SSSR count). The molecule has 2 saturated heterocycles. The highest BCUT2D eigenvalue weighted by Gasteiger charge is 2.57. The Bertz CT molecular complexity index is 1310. The Morgan fingerprint density at radius 3 is 2.21 bits per heavy atom. The first-order valence-electron chi connectivity index (χ1n) is 20.6. The summed E-state index contributed by atoms with van der Waals surface area (Å²) < 4.78 is 94.5. The van der Waals surface area contributed by atoms with E-state index in [1.165, 1.54) is 23.7 Å². The van der Waals surface area contributed by atoms with E-state index >= 15 is 0 Å². The lowest BCUT2D eigenvalue weighted by Crippen LogP contribution is -2.45. The van der Waals surface area contributed by atoms with Crippen molar-refractivity contribution in [1.29, 1.82) is 0 Å². The maximum Gasteiger partial charge on any atom is 0.453 e. The van der Waals surface area contributed by atoms with Crippen LogP contribution < -0.4 is 4.74 Å². The Labute approximate surface area is 317 Å². The summed E-state index contributed by atoms with van der Waals surface area (Å²) in [5, 5.41) is 0. The number of alkyl halides is 5. The largest absolute Gasteiger partial charge is 0.493 e. The Hall–Kier alpha value is -1.56. The zero-order chi connectivity index (χ0) is 37.3. The van der Waals surface area contributed by atoms with Gasteiger partial charge in [-0.25, -0.2) is 0 Å². The molecule has 7 atom stereocenters. The number of fused-ring (bicyclic) bond motifs is 5. The third kappa shape index (κ3) is 10.6. The number of hydrogen-bond acceptors (Lipinski definition) is 6. The van der Waals surface area contributed by atoms with Crippen molar-refractivity contribution in [3.05, 3.63) is 35.4 Å². The van der Waals surface area contributed by atoms with Gasteiger partial charge < -0.3 is 23.7 Å². The molecule has 1 aromatic rings. The lowest BCUT2D eigenvalue weighted by Gasteiger charge is -2.50. The van der Waals surface area contributed by atoms with E-state index in [9.17, 15) is 22.0 Å². The summed E-state index contributed by atoms with van der Waals surface area (Å²) >= 11 is 1.47. The molecule has 4 fully saturated rings. The maximum absolute atomic E-state index is 13.0. The summed E-state index contributed by atoms with van der Waals surface area (Å²) in [6, 6.07) is 6.60. The third-order valence-corrected chi connectivity index (χ3v) is 13.7. The minimum atomic E-state index is -5.45. The molecule has 3 aliphatic carbocycles. The molecule has 1 aromatic carbocycles. The zero-order valence-corrected chi connectivity index (χ0v) is 32.4. The zero-order valence-electron chi connectivity index (χ0n) is 31.6. The number of thioether (sulfide) groups is 1. The van der Waals surface area contributed by atoms with Crippen LogP contribution in [0.1, 0.15) is 146 Å². The van der Waals surface area contributed by atoms with Crippen LogP contribution in [-0.4, -0.2) is 62.1 Å². The van der Waals surface area contributed by atoms with Crippen LogP contribution in [0.15, 0.2) is 24.3 Å². The molecule has 2 heterocycles. The molecule has 0 N–H and O–H groups in total. The second-order valence-corrected chi connectivity index (χ2v) is 17.5. The quantitative estimate of drug-likeness (QED) is 0.103. The van der Waals surface area contributed by atoms with Gasteiger partial charge >= 0.3 is 12.1 Å². The van der Waals surface area contributed by atoms with Crippen LogP contribution in [0.2, 0.25) is 0 Å². The van der Waals surface area contributed by atoms with Crippen LogP contribution in [0.4, 0.5) is 22.0 Å². The van der Waals surface area contributed by atoms with Crippen molar-refractivity contribution in [3.63, 3.8) is 0 Å². The van der Waals surface area contributed by atoms with Gasteiger partial charge in [0.1, 0.15) is 11.5 Å². The van der Waals surface area contributed by atoms with Crippen molar-refractivity contribution < 1.29 is 45.6 Å². The highest BCUT2D eigenvalue weighted by atomic mass is 32.2. The predicted molar refractivity (Wildman–Crippen MR) is 199 cm³/mol. The van der Waals surface area contributed by atoms with E-state index in [4.69, 9.17) is 23.7 Å². The fourth-order valence-corrected chi connectivity index (χ4v) is 10.4. The topological polar surface area (TPSA) is 46.2 Å². The SMILES string of the molecule is C[C@]12CC[C@@H]3c4ccc(O[C@H]5CCCCO5)cc4C(OCCCCCCCCCSCCCC(F)(F)C(F)(F)F)=C[C@H]3[C@@H]1CC[C@@H]2O[C@@H]1CCCCO1. The number of unbranched alkanes of at least 4 members (excludes halogenated alkanes) is 6. The molecule has 5 aliphatic rings. The summed E-state index contributed by atoms with van der Waals surface area (Å²) in [6.07, 6.45) is 14.1. The van der Waals surface area contributed by atoms with Crippen molar-refractivity contribution >= 4 is 17.5 Å². The summed E-state index contributed by atoms with van der Waals surface area (Å²) in [6.45, 7) is 4.67. The van der Waals surface area contributed by atoms with Gasteiger partial charge in [0.25, 0.3) is 0 Å². The van der Waals surface area contributed by atoms with Crippen molar-refractivity contribution in [2.75, 3.05) is 31.3 Å². The fourth-order valence-electron chi connectivity index (χ4n) is 9.47. The standard InChI is InChI=1S/C42H61F5O5S/c1-40-22-20-32-31-17-16-30(51-38-14-7-10-24-49-38)28-34(31)36(29-33(32)35(40)18-19-37(40)52-39-15-8-11-25-50-39)48-23-9-5-3-2-4-6-12-26-53-27-13-21-41(43,44)42(45,46)47/h16-17,28-29,32-33,35,37-39H,2-15,18-27H2,1H3/t32-,33-,35+,37+,38+,39-,40+/m1/s1. The molecule has 300 valence electrons. The summed E-state index contributed by atoms with van der Waals surface area (Å²) in [4.78, 5) is 0. The number of allylic oxidation sites excluding steroid dienone is 1. The summed E-state index contributed by atoms with van der Waals surface area (Å²) in [5.74, 6) is -0.228. The maximum atomic E-state index is 13.0. The van der Waals surface area contributed by atoms with Crippen molar-refractivity contribution in [2.45, 2.75) is 166 Å². The van der Waals surface area contributed by atoms with Gasteiger partial charge in [0.15, 0.2) is 12.6 Å². The molecular formula is C42H61F5O5S. The number of hydrogen-bond donors (Lipinski definition) is 0. The molecule has 0 bridgehead atoms. The molecule has 0 unspecified atom stereocenters. The van der Waals surface area contributed by atoms with Gasteiger partial charge in [-0.1, -0.05) is 45.1 Å². The minimum absolute atomic E-state index is 0.0631. The number of ether oxygens (including phenoxy) is 5. The van der Waals surface area contributed by atoms with Crippen LogP contribution in [0, 0.1) is 17.3 Å². The molecule has 53 heavy (non-hydrogen) atoms. The monoisotopic (exact) mass is 772 g/mol. The molecule has 11 heteroatoms. The first-order chi connectivity index (χ1) is 25.5. The van der Waals surface area contributed by atoms with E-state index in [1.807, 2.05) is 0 Å². The van der Waals surface area contributed by atoms with Gasteiger partial charge in [0.2, 0.25) is 0 Å². The van der Waals surface area contributed by atoms with Gasteiger partial charge in [-0.15, -0.1) is 0 Å². The Balaban J connectivity index is 0.976. The van der Waals surface area contributed by atoms with E-state index in [1.54, 1.807) is 0 Å². The van der Waals surface area contributed by atoms with Crippen LogP contribution in [0.25, 0.3) is 5.76 Å². The Morgan fingerprint density at radius 1 is 0.792 bits per heavy atom. The van der Waals surface area contributed by atoms with E-state index in [-0.39, 0.29) is 30.5 Å². The Kier molecular flexibility index (Phi) is 14.8. The second kappa shape index (κ2) is 19.1. The van der Waals surface area contributed by atoms with Gasteiger partial charge in [-0.2, -0.15) is 33.7 Å². The lowest BCUT2D eigenvalue weighted by atomic mass is 9.57. The summed E-state index contributed by atoms with van der Waals surface area (Å²) in [5.41, 5.74) is 2.66. The fraction of sp³-hybridized carbons (Fsp3) is 0.810. The van der Waals surface area contributed by atoms with Gasteiger partial charge in [-0.3, -0.25) is 0 Å². The normalized spacial score (nSPS) is 30.3. The van der Waals surface area contributed by atoms with Crippen molar-refractivity contribution in [1.82, 2.24) is 0 Å². The summed E-state index contributed by atoms with van der Waals surface area (Å²) in [7, 11) is 0. The average molecular weight is 773 g/mol. The van der Waals surface area contributed by atoms with Crippen LogP contribution >= 0.6 is 11.8 Å². The molecule has 0 amide bonds. The number of halogens is 5. The third-order valence-electron chi connectivity index (χ3n) is 12.5. The van der Waals surface area contributed by atoms with E-state index in [2.05, 4.69) is 31.2 Å². The average Bonchev–Trinajstić information content (AvgIpc) is 3.47. The second-order valence-electron chi connectivity index (χ2n) is 16.3. The van der Waals surface area contributed by atoms with E-state index in [0.29, 0.717) is 30.1 Å². The molecule has 5 nitrogen and oxygen atoms in total. The van der Waals surface area contributed by atoms with Crippen molar-refractivity contribution in [2.24, 2.45) is 17.3 Å². The van der Waals surface area contributed by atoms with Crippen molar-refractivity contribution in [3.8, 4) is 5.75 Å². The Morgan fingerprint density at radius 2 is 1.49 bits per heavy atom. The molecule has 2 aliphatic heterocycles. The molecule has 0 spiro atoms. The van der Waals surface area contributed by atoms with Crippen LogP contribution in [-0.2, 0) is 18.9 Å². The van der Waals surface area contributed by atoms with Crippen LogP contribution in [0.5, 0.6) is 5.75 Å². The predicted octanol–water partition coefficient (Wildman–Crippen LogP) is 12.2. The highest BCUT2D eigenvalue weighted by molar-refractivity contribution is 7.99. The van der Waals surface area contributed by atoms with Crippen LogP contribution in [0.3, 0.4) is 0 Å². The minimum Gasteiger partial charge on any atom is -0.493 e. The lowest BCUT2D eigenvalue weighted by molar-refractivity contribution is -0.284. The van der Waals surface area contributed by atoms with Gasteiger partial charge in [0.05, 0.1) is 19.3 Å². The molecule has 0 aromatic heterocycles. The molecular weight excluding hydrogens is 712 g/mol. The number of benzene rings is 1. The van der Waals surface area contributed by atoms with E-state index in [0.717, 1.165) is 139 Å². The van der Waals surface area contributed by atoms with E-state index < -0.39 is 18.5 Å².